The van der Waals surface area contributed by atoms with Crippen LogP contribution in [0.3, 0.4) is 0 Å². The first-order valence-corrected chi connectivity index (χ1v) is 12.7. The smallest absolute Gasteiger partial charge is 0.253 e. The van der Waals surface area contributed by atoms with E-state index >= 15 is 0 Å². The Hall–Kier alpha value is -3.11. The molecule has 1 aliphatic carbocycles. The van der Waals surface area contributed by atoms with Crippen molar-refractivity contribution in [3.63, 3.8) is 0 Å². The number of rotatable bonds is 8. The third-order valence-electron chi connectivity index (χ3n) is 5.73. The minimum Gasteiger partial charge on any atom is -0.467 e. The lowest BCUT2D eigenvalue weighted by Gasteiger charge is -2.19. The highest BCUT2D eigenvalue weighted by Crippen LogP contribution is 2.40. The maximum Gasteiger partial charge on any atom is 0.253 e. The standard InChI is InChI=1S/C23H21N5O3S2/c29-22(28-18(20-6-2-10-31-20)13-17(26-28)19-5-1-9-30-19)14-33-23-25-24-21(27(23)15-7-8-15)12-16-4-3-11-32-16/h1-6,9-11,15,18H,7-8,12-14H2/t18-/m0/s1. The van der Waals surface area contributed by atoms with Crippen molar-refractivity contribution < 1.29 is 13.6 Å². The second-order valence-corrected chi connectivity index (χ2v) is 10.0. The normalized spacial score (nSPS) is 18.1. The van der Waals surface area contributed by atoms with E-state index in [1.165, 1.54) is 21.6 Å². The van der Waals surface area contributed by atoms with Gasteiger partial charge >= 0.3 is 0 Å². The molecule has 8 nitrogen and oxygen atoms in total. The molecule has 0 spiro atoms. The molecule has 4 aromatic heterocycles. The van der Waals surface area contributed by atoms with E-state index in [0.717, 1.165) is 36.0 Å². The summed E-state index contributed by atoms with van der Waals surface area (Å²) >= 11 is 3.14. The monoisotopic (exact) mass is 479 g/mol. The number of furan rings is 2. The van der Waals surface area contributed by atoms with Gasteiger partial charge in [-0.2, -0.15) is 5.10 Å². The molecule has 168 valence electrons. The molecule has 0 saturated heterocycles. The molecule has 1 amide bonds. The Balaban J connectivity index is 1.20. The summed E-state index contributed by atoms with van der Waals surface area (Å²) in [5.41, 5.74) is 0.735. The van der Waals surface area contributed by atoms with Gasteiger partial charge in [0, 0.05) is 23.8 Å². The molecule has 33 heavy (non-hydrogen) atoms. The van der Waals surface area contributed by atoms with Crippen LogP contribution in [0.5, 0.6) is 0 Å². The predicted molar refractivity (Wildman–Crippen MR) is 124 cm³/mol. The molecule has 0 N–H and O–H groups in total. The molecule has 1 atom stereocenters. The maximum atomic E-state index is 13.3. The summed E-state index contributed by atoms with van der Waals surface area (Å²) in [4.78, 5) is 14.5. The average Bonchev–Trinajstić information content (AvgIpc) is 3.45. The van der Waals surface area contributed by atoms with Crippen molar-refractivity contribution >= 4 is 34.7 Å². The van der Waals surface area contributed by atoms with Crippen molar-refractivity contribution in [3.05, 3.63) is 76.5 Å². The minimum absolute atomic E-state index is 0.104. The number of nitrogens with zero attached hydrogens (tertiary/aromatic N) is 5. The Kier molecular flexibility index (Phi) is 5.39. The third-order valence-corrected chi connectivity index (χ3v) is 7.53. The molecule has 0 unspecified atom stereocenters. The molecule has 1 fully saturated rings. The number of aromatic nitrogens is 3. The Labute approximate surface area is 198 Å². The van der Waals surface area contributed by atoms with Crippen LogP contribution in [-0.2, 0) is 11.2 Å². The van der Waals surface area contributed by atoms with Crippen LogP contribution in [-0.4, -0.2) is 37.1 Å². The number of carbonyl (C=O) groups excluding carboxylic acids is 1. The van der Waals surface area contributed by atoms with Crippen molar-refractivity contribution in [2.45, 2.75) is 42.9 Å². The summed E-state index contributed by atoms with van der Waals surface area (Å²) in [6, 6.07) is 11.7. The van der Waals surface area contributed by atoms with E-state index in [1.54, 1.807) is 23.9 Å². The Bertz CT molecular complexity index is 1260. The van der Waals surface area contributed by atoms with Crippen molar-refractivity contribution in [1.82, 2.24) is 19.8 Å². The van der Waals surface area contributed by atoms with Gasteiger partial charge in [0.15, 0.2) is 5.16 Å². The molecule has 1 aliphatic heterocycles. The summed E-state index contributed by atoms with van der Waals surface area (Å²) < 4.78 is 13.3. The van der Waals surface area contributed by atoms with Crippen molar-refractivity contribution in [1.29, 1.82) is 0 Å². The highest BCUT2D eigenvalue weighted by atomic mass is 32.2. The summed E-state index contributed by atoms with van der Waals surface area (Å²) in [7, 11) is 0. The minimum atomic E-state index is -0.288. The first-order chi connectivity index (χ1) is 16.3. The lowest BCUT2D eigenvalue weighted by atomic mass is 10.1. The van der Waals surface area contributed by atoms with Crippen LogP contribution >= 0.6 is 23.1 Å². The van der Waals surface area contributed by atoms with Gasteiger partial charge in [0.05, 0.1) is 18.3 Å². The molecule has 10 heteroatoms. The Morgan fingerprint density at radius 3 is 2.73 bits per heavy atom. The SMILES string of the molecule is O=C(CSc1nnc(Cc2cccs2)n1C1CC1)N1N=C(c2ccco2)C[C@H]1c1ccco1. The zero-order valence-corrected chi connectivity index (χ0v) is 19.3. The number of thioether (sulfide) groups is 1. The molecular formula is C23H21N5O3S2. The van der Waals surface area contributed by atoms with E-state index in [1.807, 2.05) is 24.3 Å². The first-order valence-electron chi connectivity index (χ1n) is 10.8. The van der Waals surface area contributed by atoms with Crippen LogP contribution in [0.2, 0.25) is 0 Å². The summed E-state index contributed by atoms with van der Waals surface area (Å²) in [5.74, 6) is 2.45. The molecule has 0 bridgehead atoms. The second kappa shape index (κ2) is 8.68. The molecule has 5 heterocycles. The number of carbonyl (C=O) groups is 1. The molecule has 0 aromatic carbocycles. The summed E-state index contributed by atoms with van der Waals surface area (Å²) in [6.45, 7) is 0. The van der Waals surface area contributed by atoms with Crippen LogP contribution in [0.25, 0.3) is 0 Å². The predicted octanol–water partition coefficient (Wildman–Crippen LogP) is 4.92. The zero-order valence-electron chi connectivity index (χ0n) is 17.7. The fraction of sp³-hybridized carbons (Fsp3) is 0.304. The van der Waals surface area contributed by atoms with E-state index < -0.39 is 0 Å². The van der Waals surface area contributed by atoms with E-state index in [4.69, 9.17) is 8.83 Å². The number of hydrogen-bond donors (Lipinski definition) is 0. The molecule has 1 saturated carbocycles. The van der Waals surface area contributed by atoms with E-state index in [0.29, 0.717) is 24.0 Å². The van der Waals surface area contributed by atoms with Crippen molar-refractivity contribution in [3.8, 4) is 0 Å². The molecule has 0 radical (unpaired) electrons. The first kappa shape index (κ1) is 20.5. The molecular weight excluding hydrogens is 458 g/mol. The van der Waals surface area contributed by atoms with Gasteiger partial charge in [-0.1, -0.05) is 17.8 Å². The number of hydrogen-bond acceptors (Lipinski definition) is 8. The average molecular weight is 480 g/mol. The molecule has 2 aliphatic rings. The van der Waals surface area contributed by atoms with Crippen LogP contribution in [0.4, 0.5) is 0 Å². The quantitative estimate of drug-likeness (QED) is 0.333. The van der Waals surface area contributed by atoms with Gasteiger partial charge in [-0.15, -0.1) is 21.5 Å². The van der Waals surface area contributed by atoms with E-state index in [2.05, 4.69) is 37.4 Å². The van der Waals surface area contributed by atoms with Crippen LogP contribution in [0.15, 0.2) is 73.4 Å². The molecule has 6 rings (SSSR count). The van der Waals surface area contributed by atoms with Gasteiger partial charge in [0.1, 0.15) is 29.1 Å². The number of hydrazone groups is 1. The highest BCUT2D eigenvalue weighted by Gasteiger charge is 2.36. The van der Waals surface area contributed by atoms with Crippen LogP contribution in [0, 0.1) is 0 Å². The van der Waals surface area contributed by atoms with Gasteiger partial charge in [0.2, 0.25) is 0 Å². The van der Waals surface area contributed by atoms with Gasteiger partial charge < -0.3 is 13.4 Å². The zero-order chi connectivity index (χ0) is 22.2. The van der Waals surface area contributed by atoms with E-state index in [9.17, 15) is 4.79 Å². The summed E-state index contributed by atoms with van der Waals surface area (Å²) in [5, 5.41) is 17.9. The van der Waals surface area contributed by atoms with Crippen LogP contribution in [0.1, 0.15) is 53.6 Å². The highest BCUT2D eigenvalue weighted by molar-refractivity contribution is 7.99. The van der Waals surface area contributed by atoms with Crippen LogP contribution < -0.4 is 0 Å². The second-order valence-electron chi connectivity index (χ2n) is 8.04. The Morgan fingerprint density at radius 1 is 1.12 bits per heavy atom. The molecule has 4 aromatic rings. The fourth-order valence-corrected chi connectivity index (χ4v) is 5.60. The van der Waals surface area contributed by atoms with Gasteiger partial charge in [0.25, 0.3) is 5.91 Å². The van der Waals surface area contributed by atoms with E-state index in [-0.39, 0.29) is 17.7 Å². The lowest BCUT2D eigenvalue weighted by molar-refractivity contribution is -0.130. The van der Waals surface area contributed by atoms with Crippen molar-refractivity contribution in [2.24, 2.45) is 5.10 Å². The topological polar surface area (TPSA) is 89.7 Å². The van der Waals surface area contributed by atoms with Gasteiger partial charge in [-0.25, -0.2) is 5.01 Å². The number of amides is 1. The summed E-state index contributed by atoms with van der Waals surface area (Å²) in [6.07, 6.45) is 6.78. The fourth-order valence-electron chi connectivity index (χ4n) is 4.02. The van der Waals surface area contributed by atoms with Crippen molar-refractivity contribution in [2.75, 3.05) is 5.75 Å². The third kappa shape index (κ3) is 4.16. The number of thiophene rings is 1. The largest absolute Gasteiger partial charge is 0.467 e. The Morgan fingerprint density at radius 2 is 2.00 bits per heavy atom. The van der Waals surface area contributed by atoms with Gasteiger partial charge in [-0.3, -0.25) is 4.79 Å². The van der Waals surface area contributed by atoms with Gasteiger partial charge in [-0.05, 0) is 48.6 Å². The lowest BCUT2D eigenvalue weighted by Crippen LogP contribution is -2.28. The maximum absolute atomic E-state index is 13.3.